The number of halogens is 1. The lowest BCUT2D eigenvalue weighted by atomic mass is 9.95. The van der Waals surface area contributed by atoms with Gasteiger partial charge in [0.05, 0.1) is 6.61 Å². The van der Waals surface area contributed by atoms with Gasteiger partial charge in [-0.3, -0.25) is 9.59 Å². The molecule has 15 heavy (non-hydrogen) atoms. The smallest absolute Gasteiger partial charge is 0.324 e. The van der Waals surface area contributed by atoms with Gasteiger partial charge < -0.3 is 4.74 Å². The standard InChI is InChI=1S/C11H15ClO3/c1-2-15-11(14)9(12)7-8-5-3-4-6-10(8)13/h5,9H,2-4,6-7H2,1H3/t9-/m1/s1. The molecule has 0 fully saturated rings. The second-order valence-electron chi connectivity index (χ2n) is 3.47. The zero-order valence-corrected chi connectivity index (χ0v) is 9.55. The van der Waals surface area contributed by atoms with Gasteiger partial charge in [-0.1, -0.05) is 6.08 Å². The molecule has 0 saturated heterocycles. The fourth-order valence-corrected chi connectivity index (χ4v) is 1.75. The van der Waals surface area contributed by atoms with Crippen LogP contribution >= 0.6 is 11.6 Å². The van der Waals surface area contributed by atoms with Crippen LogP contribution in [0.5, 0.6) is 0 Å². The lowest BCUT2D eigenvalue weighted by Crippen LogP contribution is -2.21. The number of ketones is 1. The van der Waals surface area contributed by atoms with E-state index in [1.165, 1.54) is 0 Å². The number of esters is 1. The maximum Gasteiger partial charge on any atom is 0.324 e. The van der Waals surface area contributed by atoms with Crippen LogP contribution in [0, 0.1) is 0 Å². The normalized spacial score (nSPS) is 18.3. The summed E-state index contributed by atoms with van der Waals surface area (Å²) >= 11 is 5.84. The predicted octanol–water partition coefficient (Wildman–Crippen LogP) is 2.23. The highest BCUT2D eigenvalue weighted by Gasteiger charge is 2.22. The molecule has 1 aliphatic rings. The van der Waals surface area contributed by atoms with Crippen LogP contribution in [-0.4, -0.2) is 23.7 Å². The predicted molar refractivity (Wildman–Crippen MR) is 57.8 cm³/mol. The Bertz CT molecular complexity index is 284. The molecule has 1 aliphatic carbocycles. The lowest BCUT2D eigenvalue weighted by Gasteiger charge is -2.14. The lowest BCUT2D eigenvalue weighted by molar-refractivity contribution is -0.142. The number of allylic oxidation sites excluding steroid dienone is 2. The van der Waals surface area contributed by atoms with Crippen LogP contribution in [0.4, 0.5) is 0 Å². The number of alkyl halides is 1. The fourth-order valence-electron chi connectivity index (χ4n) is 1.52. The van der Waals surface area contributed by atoms with Crippen molar-refractivity contribution in [1.82, 2.24) is 0 Å². The van der Waals surface area contributed by atoms with E-state index in [0.29, 0.717) is 25.0 Å². The second-order valence-corrected chi connectivity index (χ2v) is 4.00. The molecule has 4 heteroatoms. The number of ether oxygens (including phenoxy) is 1. The molecule has 1 atom stereocenters. The molecule has 0 aliphatic heterocycles. The molecular weight excluding hydrogens is 216 g/mol. The van der Waals surface area contributed by atoms with E-state index in [2.05, 4.69) is 0 Å². The van der Waals surface area contributed by atoms with Gasteiger partial charge in [0.15, 0.2) is 5.78 Å². The molecule has 0 heterocycles. The minimum atomic E-state index is -0.738. The molecule has 0 N–H and O–H groups in total. The van der Waals surface area contributed by atoms with E-state index in [0.717, 1.165) is 12.8 Å². The third-order valence-corrected chi connectivity index (χ3v) is 2.63. The Hall–Kier alpha value is -0.830. The zero-order chi connectivity index (χ0) is 11.3. The third-order valence-electron chi connectivity index (χ3n) is 2.30. The first-order valence-electron chi connectivity index (χ1n) is 5.18. The topological polar surface area (TPSA) is 43.4 Å². The van der Waals surface area contributed by atoms with Gasteiger partial charge in [-0.2, -0.15) is 0 Å². The van der Waals surface area contributed by atoms with Crippen molar-refractivity contribution in [3.63, 3.8) is 0 Å². The van der Waals surface area contributed by atoms with Crippen molar-refractivity contribution in [2.75, 3.05) is 6.61 Å². The molecule has 0 spiro atoms. The highest BCUT2D eigenvalue weighted by atomic mass is 35.5. The molecular formula is C11H15ClO3. The summed E-state index contributed by atoms with van der Waals surface area (Å²) in [5.41, 5.74) is 0.675. The number of Topliss-reactive ketones (excluding diaryl/α,β-unsaturated/α-hetero) is 1. The van der Waals surface area contributed by atoms with Crippen LogP contribution in [0.3, 0.4) is 0 Å². The summed E-state index contributed by atoms with van der Waals surface area (Å²) in [6.07, 6.45) is 4.53. The van der Waals surface area contributed by atoms with Gasteiger partial charge in [0.25, 0.3) is 0 Å². The Labute approximate surface area is 94.4 Å². The summed E-state index contributed by atoms with van der Waals surface area (Å²) in [5.74, 6) is -0.338. The van der Waals surface area contributed by atoms with Gasteiger partial charge in [0.2, 0.25) is 0 Å². The average Bonchev–Trinajstić information content (AvgIpc) is 2.21. The number of hydrogen-bond donors (Lipinski definition) is 0. The Balaban J connectivity index is 2.49. The molecule has 1 rings (SSSR count). The van der Waals surface area contributed by atoms with Crippen LogP contribution in [0.15, 0.2) is 11.6 Å². The number of carbonyl (C=O) groups excluding carboxylic acids is 2. The van der Waals surface area contributed by atoms with E-state index in [-0.39, 0.29) is 5.78 Å². The van der Waals surface area contributed by atoms with Gasteiger partial charge in [-0.25, -0.2) is 0 Å². The number of rotatable bonds is 4. The van der Waals surface area contributed by atoms with Crippen LogP contribution in [-0.2, 0) is 14.3 Å². The summed E-state index contributed by atoms with van der Waals surface area (Å²) in [5, 5.41) is -0.738. The highest BCUT2D eigenvalue weighted by Crippen LogP contribution is 2.21. The summed E-state index contributed by atoms with van der Waals surface area (Å²) < 4.78 is 4.77. The Morgan fingerprint density at radius 2 is 2.40 bits per heavy atom. The molecule has 0 aromatic carbocycles. The van der Waals surface area contributed by atoms with Gasteiger partial charge in [0, 0.05) is 12.8 Å². The third kappa shape index (κ3) is 3.67. The molecule has 0 aromatic heterocycles. The van der Waals surface area contributed by atoms with Gasteiger partial charge in [0.1, 0.15) is 5.38 Å². The Morgan fingerprint density at radius 1 is 1.67 bits per heavy atom. The van der Waals surface area contributed by atoms with Crippen molar-refractivity contribution in [3.8, 4) is 0 Å². The molecule has 84 valence electrons. The molecule has 0 bridgehead atoms. The summed E-state index contributed by atoms with van der Waals surface area (Å²) in [4.78, 5) is 22.7. The second kappa shape index (κ2) is 5.91. The molecule has 0 aromatic rings. The van der Waals surface area contributed by atoms with Crippen molar-refractivity contribution in [2.24, 2.45) is 0 Å². The number of hydrogen-bond acceptors (Lipinski definition) is 3. The molecule has 3 nitrogen and oxygen atoms in total. The average molecular weight is 231 g/mol. The quantitative estimate of drug-likeness (QED) is 0.550. The summed E-state index contributed by atoms with van der Waals surface area (Å²) in [6, 6.07) is 0. The molecule has 0 unspecified atom stereocenters. The monoisotopic (exact) mass is 230 g/mol. The SMILES string of the molecule is CCOC(=O)[C@H](Cl)CC1=CCCCC1=O. The fraction of sp³-hybridized carbons (Fsp3) is 0.636. The van der Waals surface area contributed by atoms with E-state index >= 15 is 0 Å². The first-order chi connectivity index (χ1) is 7.15. The highest BCUT2D eigenvalue weighted by molar-refractivity contribution is 6.30. The van der Waals surface area contributed by atoms with Gasteiger partial charge in [-0.15, -0.1) is 11.6 Å². The van der Waals surface area contributed by atoms with Crippen molar-refractivity contribution in [1.29, 1.82) is 0 Å². The van der Waals surface area contributed by atoms with E-state index in [1.54, 1.807) is 6.92 Å². The maximum atomic E-state index is 11.4. The first kappa shape index (κ1) is 12.2. The van der Waals surface area contributed by atoms with Gasteiger partial charge >= 0.3 is 5.97 Å². The van der Waals surface area contributed by atoms with E-state index in [9.17, 15) is 9.59 Å². The van der Waals surface area contributed by atoms with Crippen molar-refractivity contribution < 1.29 is 14.3 Å². The number of carbonyl (C=O) groups is 2. The van der Waals surface area contributed by atoms with Crippen molar-refractivity contribution in [3.05, 3.63) is 11.6 Å². The zero-order valence-electron chi connectivity index (χ0n) is 8.79. The Morgan fingerprint density at radius 3 is 3.00 bits per heavy atom. The minimum absolute atomic E-state index is 0.108. The van der Waals surface area contributed by atoms with Crippen molar-refractivity contribution in [2.45, 2.75) is 38.0 Å². The van der Waals surface area contributed by atoms with E-state index in [1.807, 2.05) is 6.08 Å². The van der Waals surface area contributed by atoms with Crippen LogP contribution in [0.25, 0.3) is 0 Å². The molecule has 0 radical (unpaired) electrons. The minimum Gasteiger partial charge on any atom is -0.465 e. The maximum absolute atomic E-state index is 11.4. The molecule has 0 amide bonds. The summed E-state index contributed by atoms with van der Waals surface area (Å²) in [6.45, 7) is 2.04. The summed E-state index contributed by atoms with van der Waals surface area (Å²) in [7, 11) is 0. The van der Waals surface area contributed by atoms with Crippen LogP contribution in [0.1, 0.15) is 32.6 Å². The van der Waals surface area contributed by atoms with E-state index < -0.39 is 11.3 Å². The van der Waals surface area contributed by atoms with Crippen LogP contribution < -0.4 is 0 Å². The van der Waals surface area contributed by atoms with E-state index in [4.69, 9.17) is 16.3 Å². The Kier molecular flexibility index (Phi) is 4.82. The molecule has 0 saturated carbocycles. The largest absolute Gasteiger partial charge is 0.465 e. The van der Waals surface area contributed by atoms with Crippen LogP contribution in [0.2, 0.25) is 0 Å². The van der Waals surface area contributed by atoms with Gasteiger partial charge in [-0.05, 0) is 25.3 Å². The van der Waals surface area contributed by atoms with Crippen molar-refractivity contribution >= 4 is 23.4 Å². The first-order valence-corrected chi connectivity index (χ1v) is 5.61.